The maximum Gasteiger partial charge on any atom is 0.311 e. The Morgan fingerprint density at radius 1 is 0.419 bits per heavy atom. The van der Waals surface area contributed by atoms with Crippen LogP contribution in [0, 0.1) is 0 Å². The van der Waals surface area contributed by atoms with Crippen LogP contribution >= 0.6 is 14.7 Å². The smallest absolute Gasteiger partial charge is 0.311 e. The van der Waals surface area contributed by atoms with Crippen molar-refractivity contribution in [2.45, 2.75) is 13.2 Å². The minimum Gasteiger partial charge on any atom is -0.488 e. The van der Waals surface area contributed by atoms with Crippen molar-refractivity contribution in [3.05, 3.63) is 217 Å². The van der Waals surface area contributed by atoms with Crippen LogP contribution in [0.5, 0.6) is 23.0 Å². The second-order valence-electron chi connectivity index (χ2n) is 15.1. The molecule has 0 amide bonds. The van der Waals surface area contributed by atoms with Gasteiger partial charge in [0.2, 0.25) is 0 Å². The summed E-state index contributed by atoms with van der Waals surface area (Å²) in [5, 5.41) is 1.97. The maximum absolute atomic E-state index is 15.8. The van der Waals surface area contributed by atoms with Gasteiger partial charge in [0.15, 0.2) is 0 Å². The van der Waals surface area contributed by atoms with E-state index < -0.39 is 14.7 Å². The van der Waals surface area contributed by atoms with Crippen LogP contribution in [0.1, 0.15) is 22.3 Å². The number of para-hydroxylation sites is 2. The van der Waals surface area contributed by atoms with Gasteiger partial charge in [-0.25, -0.2) is 0 Å². The molecular formula is C54H40O6P2. The third kappa shape index (κ3) is 6.98. The van der Waals surface area contributed by atoms with Gasteiger partial charge in [-0.2, -0.15) is 0 Å². The molecular weight excluding hydrogens is 807 g/mol. The molecule has 6 nitrogen and oxygen atoms in total. The molecule has 8 aromatic rings. The minimum absolute atomic E-state index is 0.232. The highest BCUT2D eigenvalue weighted by Gasteiger charge is 2.42. The van der Waals surface area contributed by atoms with Crippen molar-refractivity contribution < 1.29 is 27.7 Å². The normalized spacial score (nSPS) is 16.8. The van der Waals surface area contributed by atoms with Gasteiger partial charge in [0.1, 0.15) is 36.2 Å². The molecule has 0 N–H and O–H groups in total. The first-order chi connectivity index (χ1) is 30.3. The van der Waals surface area contributed by atoms with E-state index in [1.165, 1.54) is 0 Å². The van der Waals surface area contributed by atoms with Crippen LogP contribution in [0.3, 0.4) is 0 Å². The van der Waals surface area contributed by atoms with E-state index in [2.05, 4.69) is 13.2 Å². The topological polar surface area (TPSA) is 71.1 Å². The molecule has 2 unspecified atom stereocenters. The minimum atomic E-state index is -3.85. The van der Waals surface area contributed by atoms with Crippen LogP contribution in [-0.2, 0) is 22.3 Å². The van der Waals surface area contributed by atoms with Gasteiger partial charge in [-0.3, -0.25) is 9.13 Å². The van der Waals surface area contributed by atoms with Gasteiger partial charge in [-0.15, -0.1) is 0 Å². The number of fused-ring (bicyclic) bond motifs is 6. The molecule has 0 aromatic heterocycles. The number of ether oxygens (including phenoxy) is 2. The van der Waals surface area contributed by atoms with Crippen molar-refractivity contribution in [3.63, 3.8) is 0 Å². The third-order valence-electron chi connectivity index (χ3n) is 11.4. The Morgan fingerprint density at radius 2 is 0.790 bits per heavy atom. The van der Waals surface area contributed by atoms with E-state index in [1.54, 1.807) is 12.2 Å². The van der Waals surface area contributed by atoms with Crippen molar-refractivity contribution in [3.8, 4) is 56.4 Å². The zero-order valence-corrected chi connectivity index (χ0v) is 35.4. The Morgan fingerprint density at radius 3 is 1.19 bits per heavy atom. The molecule has 0 fully saturated rings. The highest BCUT2D eigenvalue weighted by molar-refractivity contribution is 7.75. The standard InChI is InChI=1S/C54H40O6P2/c1-3-37-21-25-39(26-22-37)35-57-49-31-29-41(33-53(49)61(55)51-19-11-7-15-45(51)43-13-5-9-17-47(43)59-61)42-30-32-50(58-36-40-27-23-38(4-2)24-28-40)54(34-42)62(56)52-20-12-8-16-46(52)44-14-6-10-18-48(44)60-62/h3-34H,1-2,35-36H2. The molecule has 8 heteroatoms. The summed E-state index contributed by atoms with van der Waals surface area (Å²) >= 11 is 0. The van der Waals surface area contributed by atoms with Crippen LogP contribution in [0.25, 0.3) is 45.5 Å². The summed E-state index contributed by atoms with van der Waals surface area (Å²) in [5.41, 5.74) is 8.71. The average molecular weight is 847 g/mol. The maximum atomic E-state index is 15.8. The lowest BCUT2D eigenvalue weighted by atomic mass is 10.0. The highest BCUT2D eigenvalue weighted by Crippen LogP contribution is 2.57. The van der Waals surface area contributed by atoms with E-state index >= 15 is 9.13 Å². The zero-order valence-electron chi connectivity index (χ0n) is 33.6. The average Bonchev–Trinajstić information content (AvgIpc) is 3.33. The SMILES string of the molecule is C=Cc1ccc(COc2ccc(-c3ccc(OCc4ccc(C=C)cc4)c(P4(=O)Oc5ccccc5-c5ccccc54)c3)cc2P2(=O)Oc3ccccc3-c3ccccc32)cc1. The van der Waals surface area contributed by atoms with E-state index in [0.717, 1.165) is 44.5 Å². The summed E-state index contributed by atoms with van der Waals surface area (Å²) in [6.07, 6.45) is 3.59. The summed E-state index contributed by atoms with van der Waals surface area (Å²) in [5.74, 6) is 1.91. The predicted octanol–water partition coefficient (Wildman–Crippen LogP) is 12.4. The highest BCUT2D eigenvalue weighted by atomic mass is 31.2. The molecule has 62 heavy (non-hydrogen) atoms. The first-order valence-corrected chi connectivity index (χ1v) is 23.5. The van der Waals surface area contributed by atoms with Gasteiger partial charge in [0.05, 0.1) is 21.2 Å². The first kappa shape index (κ1) is 39.1. The molecule has 8 aromatic carbocycles. The number of rotatable bonds is 11. The van der Waals surface area contributed by atoms with Crippen molar-refractivity contribution in [2.24, 2.45) is 0 Å². The number of hydrogen-bond acceptors (Lipinski definition) is 6. The molecule has 0 radical (unpaired) electrons. The Labute approximate surface area is 361 Å². The Balaban J connectivity index is 1.12. The molecule has 0 saturated heterocycles. The van der Waals surface area contributed by atoms with Crippen molar-refractivity contribution in [1.29, 1.82) is 0 Å². The van der Waals surface area contributed by atoms with Gasteiger partial charge in [0.25, 0.3) is 0 Å². The first-order valence-electron chi connectivity index (χ1n) is 20.3. The van der Waals surface area contributed by atoms with E-state index in [-0.39, 0.29) is 13.2 Å². The molecule has 2 aliphatic heterocycles. The van der Waals surface area contributed by atoms with Crippen LogP contribution in [-0.4, -0.2) is 0 Å². The third-order valence-corrected chi connectivity index (χ3v) is 16.3. The summed E-state index contributed by atoms with van der Waals surface area (Å²) in [6.45, 7) is 8.21. The molecule has 2 aliphatic rings. The van der Waals surface area contributed by atoms with Crippen molar-refractivity contribution >= 4 is 48.1 Å². The van der Waals surface area contributed by atoms with Gasteiger partial charge >= 0.3 is 14.7 Å². The summed E-state index contributed by atoms with van der Waals surface area (Å²) in [4.78, 5) is 0. The molecule has 302 valence electrons. The van der Waals surface area contributed by atoms with Crippen molar-refractivity contribution in [1.82, 2.24) is 0 Å². The Bertz CT molecular complexity index is 2920. The molecule has 10 rings (SSSR count). The second kappa shape index (κ2) is 16.1. The van der Waals surface area contributed by atoms with E-state index in [9.17, 15) is 0 Å². The lowest BCUT2D eigenvalue weighted by Crippen LogP contribution is -2.27. The molecule has 0 bridgehead atoms. The lowest BCUT2D eigenvalue weighted by molar-refractivity contribution is 0.308. The summed E-state index contributed by atoms with van der Waals surface area (Å²) in [6, 6.07) is 57.8. The fourth-order valence-corrected chi connectivity index (χ4v) is 13.0. The molecule has 0 aliphatic carbocycles. The largest absolute Gasteiger partial charge is 0.488 e. The Hall–Kier alpha value is -7.10. The van der Waals surface area contributed by atoms with Crippen LogP contribution in [0.4, 0.5) is 0 Å². The summed E-state index contributed by atoms with van der Waals surface area (Å²) in [7, 11) is -7.70. The molecule has 0 saturated carbocycles. The summed E-state index contributed by atoms with van der Waals surface area (Å²) < 4.78 is 58.1. The molecule has 2 heterocycles. The monoisotopic (exact) mass is 846 g/mol. The zero-order chi connectivity index (χ0) is 42.3. The van der Waals surface area contributed by atoms with E-state index in [0.29, 0.717) is 55.3 Å². The van der Waals surface area contributed by atoms with E-state index in [4.69, 9.17) is 18.5 Å². The van der Waals surface area contributed by atoms with E-state index in [1.807, 2.05) is 182 Å². The van der Waals surface area contributed by atoms with Crippen LogP contribution in [0.15, 0.2) is 195 Å². The number of hydrogen-bond donors (Lipinski definition) is 0. The fraction of sp³-hybridized carbons (Fsp3) is 0.0370. The molecule has 2 atom stereocenters. The van der Waals surface area contributed by atoms with Gasteiger partial charge in [-0.05, 0) is 93.0 Å². The van der Waals surface area contributed by atoms with Gasteiger partial charge in [0, 0.05) is 11.1 Å². The van der Waals surface area contributed by atoms with Gasteiger partial charge in [-0.1, -0.05) is 159 Å². The van der Waals surface area contributed by atoms with Crippen molar-refractivity contribution in [2.75, 3.05) is 0 Å². The predicted molar refractivity (Wildman–Crippen MR) is 252 cm³/mol. The Kier molecular flexibility index (Phi) is 10.1. The van der Waals surface area contributed by atoms with Crippen LogP contribution < -0.4 is 39.7 Å². The quantitative estimate of drug-likeness (QED) is 0.121. The van der Waals surface area contributed by atoms with Gasteiger partial charge < -0.3 is 18.5 Å². The second-order valence-corrected chi connectivity index (χ2v) is 19.6. The number of benzene rings is 8. The fourth-order valence-electron chi connectivity index (χ4n) is 8.11. The molecule has 0 spiro atoms. The lowest BCUT2D eigenvalue weighted by Gasteiger charge is -2.30. The van der Waals surface area contributed by atoms with Crippen LogP contribution in [0.2, 0.25) is 0 Å².